The van der Waals surface area contributed by atoms with Crippen LogP contribution in [-0.2, 0) is 11.2 Å². The van der Waals surface area contributed by atoms with Crippen LogP contribution in [0.3, 0.4) is 0 Å². The topological polar surface area (TPSA) is 46.6 Å². The molecular formula is C17H21NO3. The number of ether oxygens (including phenoxy) is 1. The van der Waals surface area contributed by atoms with Crippen molar-refractivity contribution in [2.45, 2.75) is 45.1 Å². The zero-order valence-electron chi connectivity index (χ0n) is 12.4. The molecule has 1 fully saturated rings. The van der Waals surface area contributed by atoms with Crippen molar-refractivity contribution in [3.8, 4) is 5.75 Å². The summed E-state index contributed by atoms with van der Waals surface area (Å²) in [6, 6.07) is 5.81. The molecule has 1 heterocycles. The normalized spacial score (nSPS) is 21.3. The smallest absolute Gasteiger partial charge is 0.260 e. The number of carbonyl (C=O) groups excluding carboxylic acids is 2. The number of piperidine rings is 1. The van der Waals surface area contributed by atoms with Crippen LogP contribution in [0.5, 0.6) is 5.75 Å². The fraction of sp³-hybridized carbons (Fsp3) is 0.529. The van der Waals surface area contributed by atoms with Gasteiger partial charge in [-0.3, -0.25) is 9.59 Å². The van der Waals surface area contributed by atoms with Crippen LogP contribution in [0.4, 0.5) is 0 Å². The highest BCUT2D eigenvalue weighted by molar-refractivity contribution is 6.00. The molecule has 4 heteroatoms. The Morgan fingerprint density at radius 2 is 2.19 bits per heavy atom. The van der Waals surface area contributed by atoms with E-state index < -0.39 is 0 Å². The van der Waals surface area contributed by atoms with Crippen molar-refractivity contribution in [2.24, 2.45) is 0 Å². The van der Waals surface area contributed by atoms with E-state index in [0.29, 0.717) is 18.2 Å². The first-order valence-corrected chi connectivity index (χ1v) is 7.73. The van der Waals surface area contributed by atoms with Crippen molar-refractivity contribution in [3.63, 3.8) is 0 Å². The average molecular weight is 287 g/mol. The maximum absolute atomic E-state index is 12.2. The highest BCUT2D eigenvalue weighted by Gasteiger charge is 2.24. The van der Waals surface area contributed by atoms with E-state index >= 15 is 0 Å². The van der Waals surface area contributed by atoms with Gasteiger partial charge < -0.3 is 9.64 Å². The summed E-state index contributed by atoms with van der Waals surface area (Å²) < 4.78 is 5.63. The summed E-state index contributed by atoms with van der Waals surface area (Å²) in [6.07, 6.45) is 4.72. The van der Waals surface area contributed by atoms with Crippen LogP contribution in [0, 0.1) is 0 Å². The van der Waals surface area contributed by atoms with Crippen molar-refractivity contribution in [1.29, 1.82) is 0 Å². The highest BCUT2D eigenvalue weighted by atomic mass is 16.5. The number of likely N-dealkylation sites (tertiary alicyclic amines) is 1. The fourth-order valence-corrected chi connectivity index (χ4v) is 3.22. The number of fused-ring (bicyclic) bond motifs is 1. The van der Waals surface area contributed by atoms with E-state index in [1.165, 1.54) is 6.42 Å². The Morgan fingerprint density at radius 3 is 3.00 bits per heavy atom. The van der Waals surface area contributed by atoms with Gasteiger partial charge in [0.05, 0.1) is 0 Å². The summed E-state index contributed by atoms with van der Waals surface area (Å²) in [5.41, 5.74) is 1.84. The van der Waals surface area contributed by atoms with Crippen molar-refractivity contribution >= 4 is 11.7 Å². The maximum atomic E-state index is 12.2. The lowest BCUT2D eigenvalue weighted by Crippen LogP contribution is -2.44. The van der Waals surface area contributed by atoms with E-state index in [9.17, 15) is 9.59 Å². The zero-order chi connectivity index (χ0) is 14.8. The fourth-order valence-electron chi connectivity index (χ4n) is 3.22. The number of Topliss-reactive ketones (excluding diaryl/α,β-unsaturated/α-hetero) is 1. The van der Waals surface area contributed by atoms with E-state index in [1.807, 2.05) is 17.0 Å². The quantitative estimate of drug-likeness (QED) is 0.858. The van der Waals surface area contributed by atoms with E-state index in [-0.39, 0.29) is 18.3 Å². The summed E-state index contributed by atoms with van der Waals surface area (Å²) in [4.78, 5) is 25.7. The molecule has 0 bridgehead atoms. The van der Waals surface area contributed by atoms with Crippen molar-refractivity contribution in [3.05, 3.63) is 29.3 Å². The van der Waals surface area contributed by atoms with Crippen LogP contribution in [0.25, 0.3) is 0 Å². The van der Waals surface area contributed by atoms with Crippen LogP contribution in [0.2, 0.25) is 0 Å². The van der Waals surface area contributed by atoms with Gasteiger partial charge >= 0.3 is 0 Å². The molecule has 21 heavy (non-hydrogen) atoms. The number of amides is 1. The van der Waals surface area contributed by atoms with E-state index in [0.717, 1.165) is 36.9 Å². The summed E-state index contributed by atoms with van der Waals surface area (Å²) >= 11 is 0. The summed E-state index contributed by atoms with van der Waals surface area (Å²) in [6.45, 7) is 3.01. The molecule has 1 saturated heterocycles. The first-order chi connectivity index (χ1) is 10.1. The minimum atomic E-state index is 0.0544. The molecule has 1 amide bonds. The van der Waals surface area contributed by atoms with Crippen molar-refractivity contribution < 1.29 is 14.3 Å². The standard InChI is InChI=1S/C17H21NO3/c1-12-4-2-3-9-18(12)17(20)11-21-14-6-7-15-13(10-14)5-8-16(15)19/h6-7,10,12H,2-5,8-9,11H2,1H3/t12-/m1/s1. The van der Waals surface area contributed by atoms with Crippen molar-refractivity contribution in [1.82, 2.24) is 4.90 Å². The second-order valence-electron chi connectivity index (χ2n) is 5.96. The molecule has 1 aliphatic carbocycles. The molecule has 1 aromatic carbocycles. The van der Waals surface area contributed by atoms with Crippen LogP contribution >= 0.6 is 0 Å². The molecule has 0 aromatic heterocycles. The molecule has 1 aliphatic heterocycles. The Balaban J connectivity index is 1.60. The van der Waals surface area contributed by atoms with Crippen LogP contribution < -0.4 is 4.74 Å². The summed E-state index contributed by atoms with van der Waals surface area (Å²) in [7, 11) is 0. The third-order valence-corrected chi connectivity index (χ3v) is 4.48. The molecule has 4 nitrogen and oxygen atoms in total. The first-order valence-electron chi connectivity index (χ1n) is 7.73. The molecule has 0 radical (unpaired) electrons. The van der Waals surface area contributed by atoms with Gasteiger partial charge in [0.15, 0.2) is 12.4 Å². The van der Waals surface area contributed by atoms with Gasteiger partial charge in [0, 0.05) is 24.6 Å². The predicted molar refractivity (Wildman–Crippen MR) is 79.6 cm³/mol. The average Bonchev–Trinajstić information content (AvgIpc) is 2.86. The monoisotopic (exact) mass is 287 g/mol. The van der Waals surface area contributed by atoms with Gasteiger partial charge in [0.2, 0.25) is 0 Å². The Morgan fingerprint density at radius 1 is 1.33 bits per heavy atom. The Kier molecular flexibility index (Phi) is 3.95. The number of benzene rings is 1. The molecule has 0 spiro atoms. The number of hydrogen-bond donors (Lipinski definition) is 0. The third kappa shape index (κ3) is 2.94. The lowest BCUT2D eigenvalue weighted by atomic mass is 10.0. The molecule has 3 rings (SSSR count). The number of carbonyl (C=O) groups is 2. The highest BCUT2D eigenvalue weighted by Crippen LogP contribution is 2.26. The van der Waals surface area contributed by atoms with Crippen LogP contribution in [-0.4, -0.2) is 35.8 Å². The van der Waals surface area contributed by atoms with E-state index in [2.05, 4.69) is 6.92 Å². The Hall–Kier alpha value is -1.84. The van der Waals surface area contributed by atoms with Gasteiger partial charge in [-0.15, -0.1) is 0 Å². The predicted octanol–water partition coefficient (Wildman–Crippen LogP) is 2.60. The molecular weight excluding hydrogens is 266 g/mol. The van der Waals surface area contributed by atoms with Gasteiger partial charge in [-0.2, -0.15) is 0 Å². The van der Waals surface area contributed by atoms with Gasteiger partial charge in [0.25, 0.3) is 5.91 Å². The third-order valence-electron chi connectivity index (χ3n) is 4.48. The number of nitrogens with zero attached hydrogens (tertiary/aromatic N) is 1. The Bertz CT molecular complexity index is 567. The number of hydrogen-bond acceptors (Lipinski definition) is 3. The van der Waals surface area contributed by atoms with E-state index in [4.69, 9.17) is 4.74 Å². The number of rotatable bonds is 3. The SMILES string of the molecule is C[C@@H]1CCCCN1C(=O)COc1ccc2c(c1)CCC2=O. The minimum absolute atomic E-state index is 0.0544. The summed E-state index contributed by atoms with van der Waals surface area (Å²) in [5, 5.41) is 0. The lowest BCUT2D eigenvalue weighted by Gasteiger charge is -2.33. The molecule has 1 aromatic rings. The largest absolute Gasteiger partial charge is 0.484 e. The number of ketones is 1. The molecule has 0 saturated carbocycles. The van der Waals surface area contributed by atoms with Crippen molar-refractivity contribution in [2.75, 3.05) is 13.2 Å². The zero-order valence-corrected chi connectivity index (χ0v) is 12.4. The van der Waals surface area contributed by atoms with Gasteiger partial charge in [-0.1, -0.05) is 0 Å². The lowest BCUT2D eigenvalue weighted by molar-refractivity contribution is -0.136. The first kappa shape index (κ1) is 14.1. The second kappa shape index (κ2) is 5.88. The van der Waals surface area contributed by atoms with Crippen LogP contribution in [0.15, 0.2) is 18.2 Å². The molecule has 0 N–H and O–H groups in total. The summed E-state index contributed by atoms with van der Waals surface area (Å²) in [5.74, 6) is 0.940. The molecule has 112 valence electrons. The molecule has 2 aliphatic rings. The van der Waals surface area contributed by atoms with Gasteiger partial charge in [-0.05, 0) is 56.4 Å². The van der Waals surface area contributed by atoms with Gasteiger partial charge in [-0.25, -0.2) is 0 Å². The number of aryl methyl sites for hydroxylation is 1. The molecule has 1 atom stereocenters. The minimum Gasteiger partial charge on any atom is -0.484 e. The second-order valence-corrected chi connectivity index (χ2v) is 5.96. The Labute approximate surface area is 125 Å². The van der Waals surface area contributed by atoms with E-state index in [1.54, 1.807) is 6.07 Å². The molecule has 0 unspecified atom stereocenters. The van der Waals surface area contributed by atoms with Gasteiger partial charge in [0.1, 0.15) is 5.75 Å². The maximum Gasteiger partial charge on any atom is 0.260 e. The van der Waals surface area contributed by atoms with Crippen LogP contribution in [0.1, 0.15) is 48.5 Å².